The molecule has 112 valence electrons. The molecular formula is C17H27FN2. The Balaban J connectivity index is 2.29. The third-order valence-corrected chi connectivity index (χ3v) is 4.40. The molecule has 0 amide bonds. The standard InChI is InChI=1S/C17H27FN2/c1-6-14-10-19-16(17(3,4)5)11-20(14)15-8-7-13(18)9-12(15)2/h7-9,14,16,19H,6,10-11H2,1-5H3. The number of nitrogens with zero attached hydrogens (tertiary/aromatic N) is 1. The maximum atomic E-state index is 13.3. The molecule has 3 heteroatoms. The zero-order chi connectivity index (χ0) is 14.9. The maximum absolute atomic E-state index is 13.3. The summed E-state index contributed by atoms with van der Waals surface area (Å²) in [6.45, 7) is 13.0. The minimum absolute atomic E-state index is 0.151. The molecule has 2 atom stereocenters. The van der Waals surface area contributed by atoms with Crippen LogP contribution in [0.15, 0.2) is 18.2 Å². The van der Waals surface area contributed by atoms with E-state index in [1.165, 1.54) is 5.69 Å². The van der Waals surface area contributed by atoms with Gasteiger partial charge < -0.3 is 10.2 Å². The number of hydrogen-bond acceptors (Lipinski definition) is 2. The van der Waals surface area contributed by atoms with Crippen LogP contribution in [-0.2, 0) is 0 Å². The van der Waals surface area contributed by atoms with Crippen molar-refractivity contribution < 1.29 is 4.39 Å². The van der Waals surface area contributed by atoms with Gasteiger partial charge in [0.25, 0.3) is 0 Å². The first-order valence-electron chi connectivity index (χ1n) is 7.59. The van der Waals surface area contributed by atoms with Crippen molar-refractivity contribution in [3.63, 3.8) is 0 Å². The first-order valence-corrected chi connectivity index (χ1v) is 7.59. The lowest BCUT2D eigenvalue weighted by Crippen LogP contribution is -2.60. The van der Waals surface area contributed by atoms with Gasteiger partial charge in [-0.1, -0.05) is 27.7 Å². The van der Waals surface area contributed by atoms with Crippen LogP contribution in [0.5, 0.6) is 0 Å². The van der Waals surface area contributed by atoms with E-state index in [0.717, 1.165) is 25.1 Å². The molecule has 1 aliphatic rings. The van der Waals surface area contributed by atoms with E-state index in [4.69, 9.17) is 0 Å². The molecule has 1 aromatic carbocycles. The average molecular weight is 278 g/mol. The van der Waals surface area contributed by atoms with Crippen LogP contribution < -0.4 is 10.2 Å². The Morgan fingerprint density at radius 2 is 2.05 bits per heavy atom. The summed E-state index contributed by atoms with van der Waals surface area (Å²) in [7, 11) is 0. The van der Waals surface area contributed by atoms with Gasteiger partial charge in [-0.25, -0.2) is 4.39 Å². The van der Waals surface area contributed by atoms with Crippen molar-refractivity contribution in [1.29, 1.82) is 0 Å². The zero-order valence-electron chi connectivity index (χ0n) is 13.3. The van der Waals surface area contributed by atoms with Crippen molar-refractivity contribution in [2.75, 3.05) is 18.0 Å². The van der Waals surface area contributed by atoms with Crippen molar-refractivity contribution in [2.24, 2.45) is 5.41 Å². The van der Waals surface area contributed by atoms with Crippen molar-refractivity contribution >= 4 is 5.69 Å². The molecule has 0 radical (unpaired) electrons. The van der Waals surface area contributed by atoms with E-state index < -0.39 is 0 Å². The molecule has 1 saturated heterocycles. The fourth-order valence-corrected chi connectivity index (χ4v) is 2.98. The SMILES string of the molecule is CCC1CNC(C(C)(C)C)CN1c1ccc(F)cc1C. The van der Waals surface area contributed by atoms with E-state index in [0.29, 0.717) is 12.1 Å². The summed E-state index contributed by atoms with van der Waals surface area (Å²) in [5.41, 5.74) is 2.43. The lowest BCUT2D eigenvalue weighted by atomic mass is 9.84. The largest absolute Gasteiger partial charge is 0.365 e. The number of aryl methyl sites for hydroxylation is 1. The number of anilines is 1. The Bertz CT molecular complexity index is 465. The number of rotatable bonds is 2. The molecule has 2 nitrogen and oxygen atoms in total. The second-order valence-corrected chi connectivity index (χ2v) is 6.97. The number of nitrogens with one attached hydrogen (secondary N) is 1. The molecule has 2 rings (SSSR count). The molecule has 0 aliphatic carbocycles. The molecule has 0 aromatic heterocycles. The number of benzene rings is 1. The van der Waals surface area contributed by atoms with E-state index in [1.807, 2.05) is 13.0 Å². The van der Waals surface area contributed by atoms with Crippen LogP contribution in [-0.4, -0.2) is 25.2 Å². The fraction of sp³-hybridized carbons (Fsp3) is 0.647. The highest BCUT2D eigenvalue weighted by molar-refractivity contribution is 5.54. The van der Waals surface area contributed by atoms with Crippen LogP contribution in [0.2, 0.25) is 0 Å². The third-order valence-electron chi connectivity index (χ3n) is 4.40. The minimum Gasteiger partial charge on any atom is -0.365 e. The molecule has 2 unspecified atom stereocenters. The van der Waals surface area contributed by atoms with Crippen LogP contribution in [0, 0.1) is 18.2 Å². The summed E-state index contributed by atoms with van der Waals surface area (Å²) in [5.74, 6) is -0.151. The molecule has 0 bridgehead atoms. The Kier molecular flexibility index (Phi) is 4.38. The predicted molar refractivity (Wildman–Crippen MR) is 83.8 cm³/mol. The molecule has 20 heavy (non-hydrogen) atoms. The molecule has 1 N–H and O–H groups in total. The monoisotopic (exact) mass is 278 g/mol. The number of halogens is 1. The Hall–Kier alpha value is -1.09. The van der Waals surface area contributed by atoms with Gasteiger partial charge in [0.1, 0.15) is 5.82 Å². The van der Waals surface area contributed by atoms with Gasteiger partial charge in [-0.3, -0.25) is 0 Å². The quantitative estimate of drug-likeness (QED) is 0.886. The highest BCUT2D eigenvalue weighted by atomic mass is 19.1. The second kappa shape index (κ2) is 5.72. The molecular weight excluding hydrogens is 251 g/mol. The summed E-state index contributed by atoms with van der Waals surface area (Å²) in [6.07, 6.45) is 1.10. The normalized spacial score (nSPS) is 24.0. The van der Waals surface area contributed by atoms with Crippen LogP contribution in [0.4, 0.5) is 10.1 Å². The van der Waals surface area contributed by atoms with E-state index in [1.54, 1.807) is 12.1 Å². The molecule has 1 heterocycles. The lowest BCUT2D eigenvalue weighted by Gasteiger charge is -2.46. The number of hydrogen-bond donors (Lipinski definition) is 1. The lowest BCUT2D eigenvalue weighted by molar-refractivity contribution is 0.233. The van der Waals surface area contributed by atoms with Gasteiger partial charge in [0.15, 0.2) is 0 Å². The fourth-order valence-electron chi connectivity index (χ4n) is 2.98. The Morgan fingerprint density at radius 1 is 1.35 bits per heavy atom. The number of piperazine rings is 1. The van der Waals surface area contributed by atoms with Crippen LogP contribution in [0.3, 0.4) is 0 Å². The summed E-state index contributed by atoms with van der Waals surface area (Å²) < 4.78 is 13.3. The van der Waals surface area contributed by atoms with Gasteiger partial charge in [0, 0.05) is 30.9 Å². The highest BCUT2D eigenvalue weighted by Gasteiger charge is 2.33. The summed E-state index contributed by atoms with van der Waals surface area (Å²) in [6, 6.07) is 6.07. The summed E-state index contributed by atoms with van der Waals surface area (Å²) in [5, 5.41) is 3.67. The van der Waals surface area contributed by atoms with Crippen molar-refractivity contribution in [3.8, 4) is 0 Å². The van der Waals surface area contributed by atoms with Gasteiger partial charge in [-0.05, 0) is 42.5 Å². The molecule has 0 spiro atoms. The van der Waals surface area contributed by atoms with Crippen LogP contribution in [0.25, 0.3) is 0 Å². The average Bonchev–Trinajstić information content (AvgIpc) is 2.37. The maximum Gasteiger partial charge on any atom is 0.123 e. The van der Waals surface area contributed by atoms with E-state index >= 15 is 0 Å². The van der Waals surface area contributed by atoms with Crippen LogP contribution >= 0.6 is 0 Å². The third kappa shape index (κ3) is 3.14. The smallest absolute Gasteiger partial charge is 0.123 e. The predicted octanol–water partition coefficient (Wildman–Crippen LogP) is 3.74. The van der Waals surface area contributed by atoms with Gasteiger partial charge in [-0.2, -0.15) is 0 Å². The molecule has 1 aromatic rings. The molecule has 1 aliphatic heterocycles. The molecule has 0 saturated carbocycles. The van der Waals surface area contributed by atoms with Gasteiger partial charge in [0.2, 0.25) is 0 Å². The van der Waals surface area contributed by atoms with E-state index in [9.17, 15) is 4.39 Å². The second-order valence-electron chi connectivity index (χ2n) is 6.97. The Labute approximate surface area is 122 Å². The zero-order valence-corrected chi connectivity index (χ0v) is 13.3. The van der Waals surface area contributed by atoms with Gasteiger partial charge >= 0.3 is 0 Å². The van der Waals surface area contributed by atoms with Crippen LogP contribution in [0.1, 0.15) is 39.7 Å². The Morgan fingerprint density at radius 3 is 2.60 bits per heavy atom. The van der Waals surface area contributed by atoms with Gasteiger partial charge in [-0.15, -0.1) is 0 Å². The van der Waals surface area contributed by atoms with E-state index in [-0.39, 0.29) is 11.2 Å². The summed E-state index contributed by atoms with van der Waals surface area (Å²) in [4.78, 5) is 2.46. The van der Waals surface area contributed by atoms with Gasteiger partial charge in [0.05, 0.1) is 0 Å². The molecule has 1 fully saturated rings. The first-order chi connectivity index (χ1) is 9.32. The summed E-state index contributed by atoms with van der Waals surface area (Å²) >= 11 is 0. The highest BCUT2D eigenvalue weighted by Crippen LogP contribution is 2.30. The minimum atomic E-state index is -0.151. The topological polar surface area (TPSA) is 15.3 Å². The van der Waals surface area contributed by atoms with E-state index in [2.05, 4.69) is 37.9 Å². The van der Waals surface area contributed by atoms with Crippen molar-refractivity contribution in [3.05, 3.63) is 29.6 Å². The first kappa shape index (κ1) is 15.3. The van der Waals surface area contributed by atoms with Crippen molar-refractivity contribution in [1.82, 2.24) is 5.32 Å². The van der Waals surface area contributed by atoms with Crippen molar-refractivity contribution in [2.45, 2.75) is 53.1 Å².